The summed E-state index contributed by atoms with van der Waals surface area (Å²) in [5.74, 6) is -3.54. The second-order valence-electron chi connectivity index (χ2n) is 5.25. The summed E-state index contributed by atoms with van der Waals surface area (Å²) in [4.78, 5) is 11.4. The molecule has 23 heavy (non-hydrogen) atoms. The van der Waals surface area contributed by atoms with Crippen LogP contribution < -0.4 is 0 Å². The largest absolute Gasteiger partial charge is 0.464 e. The van der Waals surface area contributed by atoms with Gasteiger partial charge in [0.15, 0.2) is 0 Å². The van der Waals surface area contributed by atoms with Gasteiger partial charge in [0.25, 0.3) is 0 Å². The average Bonchev–Trinajstić information content (AvgIpc) is 2.32. The first-order chi connectivity index (χ1) is 10.2. The Bertz CT molecular complexity index is 518. The first-order valence-electron chi connectivity index (χ1n) is 6.53. The van der Waals surface area contributed by atoms with Gasteiger partial charge in [-0.15, -0.1) is 0 Å². The lowest BCUT2D eigenvalue weighted by atomic mass is 9.90. The maximum absolute atomic E-state index is 12.8. The number of carbonyl (C=O) groups is 1. The van der Waals surface area contributed by atoms with Crippen molar-refractivity contribution in [3.8, 4) is 0 Å². The van der Waals surface area contributed by atoms with E-state index in [1.54, 1.807) is 0 Å². The molecule has 0 radical (unpaired) electrons. The molecule has 1 fully saturated rings. The van der Waals surface area contributed by atoms with Crippen molar-refractivity contribution in [2.24, 2.45) is 5.92 Å². The van der Waals surface area contributed by atoms with Crippen LogP contribution in [0, 0.1) is 5.92 Å². The number of esters is 1. The van der Waals surface area contributed by atoms with Crippen LogP contribution in [0.25, 0.3) is 0 Å². The Balaban J connectivity index is 3.16. The highest BCUT2D eigenvalue weighted by atomic mass is 32.2. The minimum absolute atomic E-state index is 0.435. The van der Waals surface area contributed by atoms with Crippen LogP contribution in [0.4, 0.5) is 26.3 Å². The van der Waals surface area contributed by atoms with E-state index in [-0.39, 0.29) is 0 Å². The lowest BCUT2D eigenvalue weighted by molar-refractivity contribution is -0.269. The van der Waals surface area contributed by atoms with Crippen molar-refractivity contribution in [2.45, 2.75) is 49.2 Å². The fourth-order valence-electron chi connectivity index (χ4n) is 2.44. The summed E-state index contributed by atoms with van der Waals surface area (Å²) in [5.41, 5.74) is 0. The summed E-state index contributed by atoms with van der Waals surface area (Å²) in [6.45, 7) is -0.776. The third-order valence-electron chi connectivity index (χ3n) is 3.65. The number of alkyl halides is 6. The molecule has 0 aromatic heterocycles. The quantitative estimate of drug-likeness (QED) is 0.466. The van der Waals surface area contributed by atoms with Gasteiger partial charge in [-0.2, -0.15) is 34.8 Å². The Morgan fingerprint density at radius 2 is 1.43 bits per heavy atom. The molecule has 0 aromatic carbocycles. The molecule has 136 valence electrons. The molecule has 0 atom stereocenters. The molecule has 0 aromatic rings. The van der Waals surface area contributed by atoms with E-state index in [1.165, 1.54) is 0 Å². The topological polar surface area (TPSA) is 80.7 Å². The Hall–Kier alpha value is -1.04. The second-order valence-corrected chi connectivity index (χ2v) is 6.82. The third-order valence-corrected chi connectivity index (χ3v) is 5.05. The maximum atomic E-state index is 12.8. The summed E-state index contributed by atoms with van der Waals surface area (Å²) in [5, 5.41) is 0. The van der Waals surface area contributed by atoms with E-state index in [9.17, 15) is 39.6 Å². The van der Waals surface area contributed by atoms with Gasteiger partial charge in [-0.1, -0.05) is 19.3 Å². The number of hydrogen-bond acceptors (Lipinski definition) is 4. The van der Waals surface area contributed by atoms with E-state index < -0.39 is 45.7 Å². The van der Waals surface area contributed by atoms with Gasteiger partial charge in [0.1, 0.15) is 0 Å². The van der Waals surface area contributed by atoms with Gasteiger partial charge in [-0.25, -0.2) is 4.79 Å². The van der Waals surface area contributed by atoms with Crippen LogP contribution in [0.3, 0.4) is 0 Å². The molecule has 12 heteroatoms. The Morgan fingerprint density at radius 3 is 1.78 bits per heavy atom. The minimum Gasteiger partial charge on any atom is -0.464 e. The predicted molar refractivity (Wildman–Crippen MR) is 63.9 cm³/mol. The highest BCUT2D eigenvalue weighted by molar-refractivity contribution is 7.88. The van der Waals surface area contributed by atoms with E-state index in [0.29, 0.717) is 25.7 Å². The molecule has 1 aliphatic carbocycles. The van der Waals surface area contributed by atoms with Gasteiger partial charge in [-0.05, 0) is 18.8 Å². The van der Waals surface area contributed by atoms with Gasteiger partial charge >= 0.3 is 33.2 Å². The molecule has 0 heterocycles. The molecule has 1 aliphatic rings. The fourth-order valence-corrected chi connectivity index (χ4v) is 3.29. The molecule has 1 N–H and O–H groups in total. The van der Waals surface area contributed by atoms with Crippen molar-refractivity contribution in [3.63, 3.8) is 0 Å². The van der Waals surface area contributed by atoms with Crippen molar-refractivity contribution in [1.82, 2.24) is 0 Å². The van der Waals surface area contributed by atoms with Crippen LogP contribution in [0.5, 0.6) is 0 Å². The SMILES string of the molecule is O=C(OCC1CCCCC1)C(C(F)(F)F)(C(F)(F)F)S(=O)(=O)O. The van der Waals surface area contributed by atoms with E-state index >= 15 is 0 Å². The van der Waals surface area contributed by atoms with Crippen molar-refractivity contribution >= 4 is 16.1 Å². The van der Waals surface area contributed by atoms with Crippen molar-refractivity contribution in [3.05, 3.63) is 0 Å². The Kier molecular flexibility index (Phi) is 5.62. The zero-order valence-corrected chi connectivity index (χ0v) is 12.4. The van der Waals surface area contributed by atoms with E-state index in [2.05, 4.69) is 4.74 Å². The first-order valence-corrected chi connectivity index (χ1v) is 7.97. The molecule has 0 spiro atoms. The zero-order valence-electron chi connectivity index (χ0n) is 11.6. The summed E-state index contributed by atoms with van der Waals surface area (Å²) < 4.78 is 105. The molecule has 0 amide bonds. The fraction of sp³-hybridized carbons (Fsp3) is 0.909. The lowest BCUT2D eigenvalue weighted by Crippen LogP contribution is -2.67. The van der Waals surface area contributed by atoms with Gasteiger partial charge in [-0.3, -0.25) is 4.55 Å². The molecule has 0 aliphatic heterocycles. The van der Waals surface area contributed by atoms with Crippen LogP contribution in [0.15, 0.2) is 0 Å². The molecule has 0 saturated heterocycles. The molecule has 1 rings (SSSR count). The average molecular weight is 372 g/mol. The van der Waals surface area contributed by atoms with Gasteiger partial charge in [0.05, 0.1) is 6.61 Å². The normalized spacial score (nSPS) is 18.7. The van der Waals surface area contributed by atoms with Crippen LogP contribution in [0.1, 0.15) is 32.1 Å². The molecular weight excluding hydrogens is 358 g/mol. The number of hydrogen-bond donors (Lipinski definition) is 1. The molecule has 1 saturated carbocycles. The zero-order chi connectivity index (χ0) is 18.1. The molecule has 0 bridgehead atoms. The summed E-state index contributed by atoms with van der Waals surface area (Å²) in [7, 11) is -6.92. The number of carbonyl (C=O) groups excluding carboxylic acids is 1. The highest BCUT2D eigenvalue weighted by Gasteiger charge is 2.84. The van der Waals surface area contributed by atoms with E-state index in [1.807, 2.05) is 0 Å². The van der Waals surface area contributed by atoms with Crippen molar-refractivity contribution in [2.75, 3.05) is 6.61 Å². The maximum Gasteiger partial charge on any atom is 0.430 e. The molecular formula is C11H14F6O5S. The van der Waals surface area contributed by atoms with E-state index in [0.717, 1.165) is 6.42 Å². The highest BCUT2D eigenvalue weighted by Crippen LogP contribution is 2.49. The lowest BCUT2D eigenvalue weighted by Gasteiger charge is -2.32. The second kappa shape index (κ2) is 6.46. The minimum atomic E-state index is -6.92. The van der Waals surface area contributed by atoms with Crippen LogP contribution in [-0.2, 0) is 19.6 Å². The Labute approximate surface area is 127 Å². The van der Waals surface area contributed by atoms with Crippen molar-refractivity contribution < 1.29 is 48.8 Å². The standard InChI is InChI=1S/C11H14F6O5S/c12-10(13,14)9(11(15,16)17,23(19,20)21)8(18)22-6-7-4-2-1-3-5-7/h7H,1-6H2,(H,19,20,21). The first kappa shape index (κ1) is 20.0. The van der Waals surface area contributed by atoms with Gasteiger partial charge < -0.3 is 4.74 Å². The monoisotopic (exact) mass is 372 g/mol. The number of halogens is 6. The predicted octanol–water partition coefficient (Wildman–Crippen LogP) is 2.86. The van der Waals surface area contributed by atoms with Gasteiger partial charge in [0.2, 0.25) is 0 Å². The Morgan fingerprint density at radius 1 is 1.00 bits per heavy atom. The summed E-state index contributed by atoms with van der Waals surface area (Å²) in [6.07, 6.45) is -10.2. The van der Waals surface area contributed by atoms with Crippen LogP contribution >= 0.6 is 0 Å². The van der Waals surface area contributed by atoms with E-state index in [4.69, 9.17) is 4.55 Å². The van der Waals surface area contributed by atoms with Crippen LogP contribution in [-0.4, -0.2) is 42.6 Å². The smallest absolute Gasteiger partial charge is 0.430 e. The summed E-state index contributed by atoms with van der Waals surface area (Å²) >= 11 is 0. The number of rotatable bonds is 4. The molecule has 0 unspecified atom stereocenters. The third kappa shape index (κ3) is 3.73. The van der Waals surface area contributed by atoms with Crippen molar-refractivity contribution in [1.29, 1.82) is 0 Å². The number of ether oxygens (including phenoxy) is 1. The summed E-state index contributed by atoms with van der Waals surface area (Å²) in [6, 6.07) is 0. The molecule has 5 nitrogen and oxygen atoms in total. The van der Waals surface area contributed by atoms with Gasteiger partial charge in [0, 0.05) is 0 Å². The van der Waals surface area contributed by atoms with Crippen LogP contribution in [0.2, 0.25) is 0 Å².